The summed E-state index contributed by atoms with van der Waals surface area (Å²) in [6.45, 7) is 4.13. The molecule has 0 aliphatic heterocycles. The number of nitrogens with two attached hydrogens (primary N) is 1. The van der Waals surface area contributed by atoms with Crippen LogP contribution < -0.4 is 5.73 Å². The number of aromatic nitrogens is 3. The Morgan fingerprint density at radius 3 is 2.57 bits per heavy atom. The normalized spacial score (nSPS) is 10.8. The van der Waals surface area contributed by atoms with E-state index in [1.165, 1.54) is 10.4 Å². The number of anilines is 1. The van der Waals surface area contributed by atoms with Crippen LogP contribution in [-0.4, -0.2) is 14.8 Å². The van der Waals surface area contributed by atoms with Crippen LogP contribution in [0.2, 0.25) is 0 Å². The van der Waals surface area contributed by atoms with Crippen molar-refractivity contribution in [3.8, 4) is 11.4 Å². The molecule has 0 fully saturated rings. The van der Waals surface area contributed by atoms with Crippen molar-refractivity contribution >= 4 is 16.3 Å². The Labute approximate surface area is 86.4 Å². The van der Waals surface area contributed by atoms with Crippen molar-refractivity contribution in [2.45, 2.75) is 13.8 Å². The Morgan fingerprint density at radius 1 is 1.43 bits per heavy atom. The van der Waals surface area contributed by atoms with Crippen LogP contribution in [0, 0.1) is 13.8 Å². The average molecular weight is 208 g/mol. The standard InChI is InChI=1S/C9H12N4S/c1-5-6(2)14-8(10)7(5)9-12-11-4-13(9)3/h4H,10H2,1-3H3. The zero-order valence-electron chi connectivity index (χ0n) is 8.40. The molecule has 0 amide bonds. The number of hydrogen-bond donors (Lipinski definition) is 1. The van der Waals surface area contributed by atoms with Gasteiger partial charge in [0.25, 0.3) is 0 Å². The Balaban J connectivity index is 2.68. The molecule has 0 aliphatic rings. The Hall–Kier alpha value is -1.36. The van der Waals surface area contributed by atoms with Gasteiger partial charge in [-0.15, -0.1) is 21.5 Å². The first-order chi connectivity index (χ1) is 6.61. The molecule has 0 atom stereocenters. The largest absolute Gasteiger partial charge is 0.390 e. The van der Waals surface area contributed by atoms with Gasteiger partial charge in [-0.2, -0.15) is 0 Å². The van der Waals surface area contributed by atoms with Gasteiger partial charge in [0, 0.05) is 11.9 Å². The van der Waals surface area contributed by atoms with Crippen molar-refractivity contribution in [3.05, 3.63) is 16.8 Å². The highest BCUT2D eigenvalue weighted by molar-refractivity contribution is 7.16. The second-order valence-electron chi connectivity index (χ2n) is 3.29. The minimum Gasteiger partial charge on any atom is -0.390 e. The first-order valence-electron chi connectivity index (χ1n) is 4.31. The number of nitrogens with zero attached hydrogens (tertiary/aromatic N) is 3. The second-order valence-corrected chi connectivity index (χ2v) is 4.54. The fraction of sp³-hybridized carbons (Fsp3) is 0.333. The summed E-state index contributed by atoms with van der Waals surface area (Å²) < 4.78 is 1.88. The second kappa shape index (κ2) is 3.09. The molecule has 2 N–H and O–H groups in total. The minimum atomic E-state index is 0.816. The molecule has 2 heterocycles. The van der Waals surface area contributed by atoms with Crippen molar-refractivity contribution in [3.63, 3.8) is 0 Å². The van der Waals surface area contributed by atoms with Crippen LogP contribution in [0.15, 0.2) is 6.33 Å². The number of hydrogen-bond acceptors (Lipinski definition) is 4. The summed E-state index contributed by atoms with van der Waals surface area (Å²) in [5, 5.41) is 8.73. The third kappa shape index (κ3) is 1.21. The van der Waals surface area contributed by atoms with Crippen molar-refractivity contribution in [2.75, 3.05) is 5.73 Å². The average Bonchev–Trinajstić information content (AvgIpc) is 2.60. The lowest BCUT2D eigenvalue weighted by atomic mass is 10.1. The molecule has 0 radical (unpaired) electrons. The van der Waals surface area contributed by atoms with E-state index >= 15 is 0 Å². The van der Waals surface area contributed by atoms with Gasteiger partial charge in [-0.1, -0.05) is 0 Å². The van der Waals surface area contributed by atoms with Gasteiger partial charge < -0.3 is 10.3 Å². The zero-order valence-corrected chi connectivity index (χ0v) is 9.22. The lowest BCUT2D eigenvalue weighted by molar-refractivity contribution is 0.919. The van der Waals surface area contributed by atoms with Gasteiger partial charge in [0.2, 0.25) is 0 Å². The Morgan fingerprint density at radius 2 is 2.14 bits per heavy atom. The third-order valence-electron chi connectivity index (χ3n) is 2.35. The molecule has 0 aromatic carbocycles. The highest BCUT2D eigenvalue weighted by Crippen LogP contribution is 2.36. The SMILES string of the molecule is Cc1sc(N)c(-c2nncn2C)c1C. The summed E-state index contributed by atoms with van der Waals surface area (Å²) in [6.07, 6.45) is 1.68. The van der Waals surface area contributed by atoms with Gasteiger partial charge in [0.05, 0.1) is 10.6 Å². The lowest BCUT2D eigenvalue weighted by Crippen LogP contribution is -1.94. The smallest absolute Gasteiger partial charge is 0.166 e. The molecule has 0 saturated carbocycles. The van der Waals surface area contributed by atoms with E-state index in [1.54, 1.807) is 17.7 Å². The van der Waals surface area contributed by atoms with E-state index in [1.807, 2.05) is 11.6 Å². The molecule has 2 aromatic rings. The van der Waals surface area contributed by atoms with Crippen LogP contribution in [0.3, 0.4) is 0 Å². The molecule has 4 nitrogen and oxygen atoms in total. The van der Waals surface area contributed by atoms with Crippen molar-refractivity contribution in [1.82, 2.24) is 14.8 Å². The number of aryl methyl sites for hydroxylation is 2. The molecule has 2 aromatic heterocycles. The van der Waals surface area contributed by atoms with Crippen LogP contribution >= 0.6 is 11.3 Å². The molecule has 5 heteroatoms. The van der Waals surface area contributed by atoms with Crippen molar-refractivity contribution < 1.29 is 0 Å². The van der Waals surface area contributed by atoms with Gasteiger partial charge in [-0.3, -0.25) is 0 Å². The fourth-order valence-corrected chi connectivity index (χ4v) is 2.37. The Kier molecular flexibility index (Phi) is 2.03. The van der Waals surface area contributed by atoms with E-state index in [0.717, 1.165) is 16.4 Å². The van der Waals surface area contributed by atoms with Crippen LogP contribution in [0.5, 0.6) is 0 Å². The molecular formula is C9H12N4S. The van der Waals surface area contributed by atoms with Gasteiger partial charge in [-0.05, 0) is 19.4 Å². The van der Waals surface area contributed by atoms with E-state index in [4.69, 9.17) is 5.73 Å². The molecule has 74 valence electrons. The quantitative estimate of drug-likeness (QED) is 0.776. The summed E-state index contributed by atoms with van der Waals surface area (Å²) in [6, 6.07) is 0. The van der Waals surface area contributed by atoms with Crippen molar-refractivity contribution in [2.24, 2.45) is 7.05 Å². The zero-order chi connectivity index (χ0) is 10.3. The van der Waals surface area contributed by atoms with Crippen LogP contribution in [-0.2, 0) is 7.05 Å². The first kappa shape index (κ1) is 9.21. The summed E-state index contributed by atoms with van der Waals surface area (Å²) in [5.41, 5.74) is 8.16. The van der Waals surface area contributed by atoms with Gasteiger partial charge in [-0.25, -0.2) is 0 Å². The van der Waals surface area contributed by atoms with Crippen molar-refractivity contribution in [1.29, 1.82) is 0 Å². The lowest BCUT2D eigenvalue weighted by Gasteiger charge is -2.00. The van der Waals surface area contributed by atoms with Crippen LogP contribution in [0.25, 0.3) is 11.4 Å². The van der Waals surface area contributed by atoms with Gasteiger partial charge in [0.15, 0.2) is 5.82 Å². The molecule has 0 saturated heterocycles. The molecule has 14 heavy (non-hydrogen) atoms. The summed E-state index contributed by atoms with van der Waals surface area (Å²) in [4.78, 5) is 1.24. The third-order valence-corrected chi connectivity index (χ3v) is 3.38. The molecule has 0 spiro atoms. The molecule has 0 bridgehead atoms. The van der Waals surface area contributed by atoms with E-state index in [-0.39, 0.29) is 0 Å². The minimum absolute atomic E-state index is 0.816. The topological polar surface area (TPSA) is 56.7 Å². The van der Waals surface area contributed by atoms with E-state index in [2.05, 4.69) is 24.0 Å². The maximum atomic E-state index is 5.94. The van der Waals surface area contributed by atoms with Crippen LogP contribution in [0.1, 0.15) is 10.4 Å². The summed E-state index contributed by atoms with van der Waals surface area (Å²) >= 11 is 1.60. The fourth-order valence-electron chi connectivity index (χ4n) is 1.44. The highest BCUT2D eigenvalue weighted by Gasteiger charge is 2.15. The summed E-state index contributed by atoms with van der Waals surface area (Å²) in [7, 11) is 1.92. The number of thiophene rings is 1. The first-order valence-corrected chi connectivity index (χ1v) is 5.12. The molecule has 2 rings (SSSR count). The maximum Gasteiger partial charge on any atom is 0.166 e. The van der Waals surface area contributed by atoms with E-state index in [0.29, 0.717) is 0 Å². The molecular weight excluding hydrogens is 196 g/mol. The predicted molar refractivity (Wildman–Crippen MR) is 58.2 cm³/mol. The maximum absolute atomic E-state index is 5.94. The molecule has 0 unspecified atom stereocenters. The van der Waals surface area contributed by atoms with Crippen LogP contribution in [0.4, 0.5) is 5.00 Å². The summed E-state index contributed by atoms with van der Waals surface area (Å²) in [5.74, 6) is 0.837. The Bertz CT molecular complexity index is 469. The van der Waals surface area contributed by atoms with Gasteiger partial charge in [0.1, 0.15) is 6.33 Å². The van der Waals surface area contributed by atoms with E-state index in [9.17, 15) is 0 Å². The monoisotopic (exact) mass is 208 g/mol. The van der Waals surface area contributed by atoms with E-state index < -0.39 is 0 Å². The predicted octanol–water partition coefficient (Wildman–Crippen LogP) is 1.74. The number of rotatable bonds is 1. The highest BCUT2D eigenvalue weighted by atomic mass is 32.1. The molecule has 0 aliphatic carbocycles. The number of nitrogen functional groups attached to an aromatic ring is 1. The van der Waals surface area contributed by atoms with Gasteiger partial charge >= 0.3 is 0 Å².